The van der Waals surface area contributed by atoms with Gasteiger partial charge < -0.3 is 9.84 Å². The van der Waals surface area contributed by atoms with Crippen LogP contribution in [0.5, 0.6) is 5.88 Å². The third kappa shape index (κ3) is 4.30. The summed E-state index contributed by atoms with van der Waals surface area (Å²) in [5.41, 5.74) is -1.33. The van der Waals surface area contributed by atoms with E-state index in [-0.39, 0.29) is 5.56 Å². The van der Waals surface area contributed by atoms with Gasteiger partial charge in [0.1, 0.15) is 0 Å². The van der Waals surface area contributed by atoms with Crippen LogP contribution in [-0.4, -0.2) is 22.4 Å². The van der Waals surface area contributed by atoms with Crippen LogP contribution < -0.4 is 4.74 Å². The van der Waals surface area contributed by atoms with Crippen LogP contribution >= 0.6 is 15.9 Å². The van der Waals surface area contributed by atoms with E-state index in [0.29, 0.717) is 0 Å². The first-order valence-corrected chi connectivity index (χ1v) is 5.34. The Hall–Kier alpha value is -1.45. The maximum Gasteiger partial charge on any atom is 0.574 e. The fourth-order valence-electron chi connectivity index (χ4n) is 1.20. The molecule has 0 radical (unpaired) electrons. The standard InChI is InChI=1S/C9H5BrF5NO3/c10-6-3(1-4(17)18)2-16-8(5(6)7(11)12)19-9(13,14)15/h2,7H,1H2,(H,17,18). The fraction of sp³-hybridized carbons (Fsp3) is 0.333. The van der Waals surface area contributed by atoms with Gasteiger partial charge in [0, 0.05) is 10.7 Å². The Labute approximate surface area is 111 Å². The van der Waals surface area contributed by atoms with Crippen molar-refractivity contribution in [3.8, 4) is 5.88 Å². The van der Waals surface area contributed by atoms with E-state index in [0.717, 1.165) is 6.20 Å². The lowest BCUT2D eigenvalue weighted by Crippen LogP contribution is -2.19. The van der Waals surface area contributed by atoms with E-state index in [1.54, 1.807) is 0 Å². The number of nitrogens with zero attached hydrogens (tertiary/aromatic N) is 1. The topological polar surface area (TPSA) is 59.4 Å². The smallest absolute Gasteiger partial charge is 0.481 e. The molecule has 1 N–H and O–H groups in total. The molecule has 0 atom stereocenters. The van der Waals surface area contributed by atoms with Gasteiger partial charge >= 0.3 is 12.3 Å². The number of alkyl halides is 5. The molecule has 106 valence electrons. The van der Waals surface area contributed by atoms with Gasteiger partial charge in [-0.3, -0.25) is 4.79 Å². The lowest BCUT2D eigenvalue weighted by atomic mass is 10.1. The molecule has 0 bridgehead atoms. The molecule has 19 heavy (non-hydrogen) atoms. The molecule has 1 heterocycles. The average Bonchev–Trinajstić information content (AvgIpc) is 2.19. The maximum atomic E-state index is 12.7. The van der Waals surface area contributed by atoms with Crippen molar-refractivity contribution >= 4 is 21.9 Å². The molecule has 1 aromatic heterocycles. The van der Waals surface area contributed by atoms with Crippen LogP contribution in [0.3, 0.4) is 0 Å². The Bertz CT molecular complexity index is 491. The minimum Gasteiger partial charge on any atom is -0.481 e. The van der Waals surface area contributed by atoms with E-state index in [1.165, 1.54) is 0 Å². The van der Waals surface area contributed by atoms with Crippen LogP contribution in [0, 0.1) is 0 Å². The van der Waals surface area contributed by atoms with Crippen molar-refractivity contribution in [2.24, 2.45) is 0 Å². The highest BCUT2D eigenvalue weighted by Crippen LogP contribution is 2.38. The lowest BCUT2D eigenvalue weighted by Gasteiger charge is -2.14. The Balaban J connectivity index is 3.27. The normalized spacial score (nSPS) is 11.7. The number of aromatic nitrogens is 1. The molecule has 1 rings (SSSR count). The van der Waals surface area contributed by atoms with Gasteiger partial charge in [0.2, 0.25) is 5.88 Å². The van der Waals surface area contributed by atoms with Crippen molar-refractivity contribution in [3.63, 3.8) is 0 Å². The number of pyridine rings is 1. The predicted molar refractivity (Wildman–Crippen MR) is 54.9 cm³/mol. The van der Waals surface area contributed by atoms with Crippen molar-refractivity contribution < 1.29 is 36.6 Å². The average molecular weight is 350 g/mol. The van der Waals surface area contributed by atoms with Gasteiger partial charge in [-0.2, -0.15) is 0 Å². The first kappa shape index (κ1) is 15.6. The van der Waals surface area contributed by atoms with Gasteiger partial charge in [0.15, 0.2) is 0 Å². The molecule has 0 aliphatic heterocycles. The van der Waals surface area contributed by atoms with E-state index < -0.39 is 41.1 Å². The zero-order valence-electron chi connectivity index (χ0n) is 8.84. The summed E-state index contributed by atoms with van der Waals surface area (Å²) in [5.74, 6) is -2.66. The molecular weight excluding hydrogens is 345 g/mol. The predicted octanol–water partition coefficient (Wildman–Crippen LogP) is 3.31. The SMILES string of the molecule is O=C(O)Cc1cnc(OC(F)(F)F)c(C(F)F)c1Br. The Morgan fingerprint density at radius 3 is 2.47 bits per heavy atom. The van der Waals surface area contributed by atoms with Gasteiger partial charge in [0.25, 0.3) is 6.43 Å². The molecule has 0 unspecified atom stereocenters. The van der Waals surface area contributed by atoms with Gasteiger partial charge in [-0.15, -0.1) is 13.2 Å². The second-order valence-corrected chi connectivity index (χ2v) is 4.03. The molecule has 0 amide bonds. The van der Waals surface area contributed by atoms with Gasteiger partial charge in [-0.05, 0) is 21.5 Å². The minimum atomic E-state index is -5.18. The van der Waals surface area contributed by atoms with Crippen molar-refractivity contribution in [2.45, 2.75) is 19.2 Å². The van der Waals surface area contributed by atoms with Gasteiger partial charge in [-0.1, -0.05) is 0 Å². The second-order valence-electron chi connectivity index (χ2n) is 3.24. The number of carboxylic acids is 1. The van der Waals surface area contributed by atoms with Crippen LogP contribution in [-0.2, 0) is 11.2 Å². The number of hydrogen-bond acceptors (Lipinski definition) is 3. The number of halogens is 6. The van der Waals surface area contributed by atoms with E-state index in [9.17, 15) is 26.7 Å². The minimum absolute atomic E-state index is 0.183. The molecule has 0 saturated carbocycles. The molecule has 0 aromatic carbocycles. The molecule has 0 aliphatic carbocycles. The molecule has 0 spiro atoms. The summed E-state index contributed by atoms with van der Waals surface area (Å²) in [6.07, 6.45) is -8.43. The molecule has 4 nitrogen and oxygen atoms in total. The first-order chi connectivity index (χ1) is 8.61. The summed E-state index contributed by atoms with van der Waals surface area (Å²) in [5, 5.41) is 8.53. The van der Waals surface area contributed by atoms with Gasteiger partial charge in [-0.25, -0.2) is 13.8 Å². The monoisotopic (exact) mass is 349 g/mol. The summed E-state index contributed by atoms with van der Waals surface area (Å²) < 4.78 is 64.4. The van der Waals surface area contributed by atoms with Crippen molar-refractivity contribution in [3.05, 3.63) is 21.8 Å². The lowest BCUT2D eigenvalue weighted by molar-refractivity contribution is -0.276. The van der Waals surface area contributed by atoms with Crippen LogP contribution in [0.15, 0.2) is 10.7 Å². The highest BCUT2D eigenvalue weighted by molar-refractivity contribution is 9.10. The highest BCUT2D eigenvalue weighted by Gasteiger charge is 2.35. The maximum absolute atomic E-state index is 12.7. The van der Waals surface area contributed by atoms with E-state index in [4.69, 9.17) is 5.11 Å². The summed E-state index contributed by atoms with van der Waals surface area (Å²) >= 11 is 2.64. The summed E-state index contributed by atoms with van der Waals surface area (Å²) in [6, 6.07) is 0. The number of carboxylic acid groups (broad SMARTS) is 1. The number of rotatable bonds is 4. The zero-order chi connectivity index (χ0) is 14.8. The number of aliphatic carboxylic acids is 1. The van der Waals surface area contributed by atoms with Gasteiger partial charge in [0.05, 0.1) is 12.0 Å². The van der Waals surface area contributed by atoms with Crippen LogP contribution in [0.4, 0.5) is 22.0 Å². The molecule has 0 saturated heterocycles. The number of carbonyl (C=O) groups is 1. The Kier molecular flexibility index (Phi) is 4.66. The molecular formula is C9H5BrF5NO3. The fourth-order valence-corrected chi connectivity index (χ4v) is 1.78. The molecule has 0 aliphatic rings. The summed E-state index contributed by atoms with van der Waals surface area (Å²) in [6.45, 7) is 0. The largest absolute Gasteiger partial charge is 0.574 e. The molecule has 10 heteroatoms. The van der Waals surface area contributed by atoms with E-state index >= 15 is 0 Å². The van der Waals surface area contributed by atoms with Crippen molar-refractivity contribution in [1.29, 1.82) is 0 Å². The summed E-state index contributed by atoms with van der Waals surface area (Å²) in [4.78, 5) is 13.6. The van der Waals surface area contributed by atoms with Crippen LogP contribution in [0.1, 0.15) is 17.6 Å². The molecule has 1 aromatic rings. The third-order valence-corrected chi connectivity index (χ3v) is 2.80. The third-order valence-electron chi connectivity index (χ3n) is 1.86. The van der Waals surface area contributed by atoms with E-state index in [1.807, 2.05) is 0 Å². The van der Waals surface area contributed by atoms with Crippen molar-refractivity contribution in [2.75, 3.05) is 0 Å². The number of hydrogen-bond donors (Lipinski definition) is 1. The van der Waals surface area contributed by atoms with Crippen LogP contribution in [0.25, 0.3) is 0 Å². The van der Waals surface area contributed by atoms with Crippen molar-refractivity contribution in [1.82, 2.24) is 4.98 Å². The Morgan fingerprint density at radius 1 is 1.47 bits per heavy atom. The zero-order valence-corrected chi connectivity index (χ0v) is 10.4. The summed E-state index contributed by atoms with van der Waals surface area (Å²) in [7, 11) is 0. The quantitative estimate of drug-likeness (QED) is 0.847. The second kappa shape index (κ2) is 5.68. The Morgan fingerprint density at radius 2 is 2.05 bits per heavy atom. The molecule has 0 fully saturated rings. The highest BCUT2D eigenvalue weighted by atomic mass is 79.9. The van der Waals surface area contributed by atoms with E-state index in [2.05, 4.69) is 25.7 Å². The first-order valence-electron chi connectivity index (χ1n) is 4.54. The van der Waals surface area contributed by atoms with Crippen LogP contribution in [0.2, 0.25) is 0 Å². The number of ether oxygens (including phenoxy) is 1.